The number of amides is 1. The number of nitrogens with zero attached hydrogens (tertiary/aromatic N) is 1. The number of para-hydroxylation sites is 1. The van der Waals surface area contributed by atoms with Gasteiger partial charge in [-0.3, -0.25) is 9.69 Å². The number of methoxy groups -OCH3 is 1. The molecule has 1 fully saturated rings. The maximum Gasteiger partial charge on any atom is 0.266 e. The van der Waals surface area contributed by atoms with E-state index in [0.29, 0.717) is 40.5 Å². The largest absolute Gasteiger partial charge is 0.493 e. The molecule has 1 heterocycles. The van der Waals surface area contributed by atoms with Crippen LogP contribution in [0.4, 0.5) is 0 Å². The number of ether oxygens (including phenoxy) is 3. The summed E-state index contributed by atoms with van der Waals surface area (Å²) in [6, 6.07) is 13.2. The molecule has 0 saturated carbocycles. The topological polar surface area (TPSA) is 48.0 Å². The van der Waals surface area contributed by atoms with E-state index in [4.69, 9.17) is 26.4 Å². The molecule has 0 bridgehead atoms. The van der Waals surface area contributed by atoms with Crippen LogP contribution in [0.15, 0.2) is 64.5 Å². The molecule has 2 aromatic rings. The molecule has 0 unspecified atom stereocenters. The monoisotopic (exact) mass is 505 g/mol. The minimum Gasteiger partial charge on any atom is -0.493 e. The summed E-state index contributed by atoms with van der Waals surface area (Å²) in [5.74, 6) is 1.79. The zero-order valence-corrected chi connectivity index (χ0v) is 19.5. The fourth-order valence-electron chi connectivity index (χ4n) is 2.72. The molecule has 5 nitrogen and oxygen atoms in total. The Morgan fingerprint density at radius 3 is 2.63 bits per heavy atom. The highest BCUT2D eigenvalue weighted by molar-refractivity contribution is 9.10. The summed E-state index contributed by atoms with van der Waals surface area (Å²) in [6.45, 7) is 4.81. The van der Waals surface area contributed by atoms with E-state index in [1.807, 2.05) is 42.5 Å². The van der Waals surface area contributed by atoms with Gasteiger partial charge >= 0.3 is 0 Å². The third-order valence-corrected chi connectivity index (χ3v) is 6.04. The van der Waals surface area contributed by atoms with Crippen molar-refractivity contribution in [1.82, 2.24) is 4.90 Å². The van der Waals surface area contributed by atoms with E-state index >= 15 is 0 Å². The summed E-state index contributed by atoms with van der Waals surface area (Å²) in [4.78, 5) is 14.6. The number of thioether (sulfide) groups is 1. The summed E-state index contributed by atoms with van der Waals surface area (Å²) in [7, 11) is 1.57. The molecule has 156 valence electrons. The van der Waals surface area contributed by atoms with Gasteiger partial charge in [-0.2, -0.15) is 0 Å². The minimum absolute atomic E-state index is 0.127. The van der Waals surface area contributed by atoms with Gasteiger partial charge in [0, 0.05) is 6.54 Å². The van der Waals surface area contributed by atoms with Crippen LogP contribution in [-0.2, 0) is 4.79 Å². The first kappa shape index (κ1) is 22.4. The Labute approximate surface area is 193 Å². The van der Waals surface area contributed by atoms with Gasteiger partial charge in [0.2, 0.25) is 0 Å². The van der Waals surface area contributed by atoms with Gasteiger partial charge in [-0.05, 0) is 51.8 Å². The van der Waals surface area contributed by atoms with Crippen molar-refractivity contribution in [3.63, 3.8) is 0 Å². The van der Waals surface area contributed by atoms with Crippen molar-refractivity contribution < 1.29 is 19.0 Å². The van der Waals surface area contributed by atoms with Crippen molar-refractivity contribution >= 4 is 56.2 Å². The molecule has 1 aliphatic rings. The van der Waals surface area contributed by atoms with Crippen LogP contribution in [0.25, 0.3) is 6.08 Å². The van der Waals surface area contributed by atoms with E-state index in [9.17, 15) is 4.79 Å². The second kappa shape index (κ2) is 10.7. The normalized spacial score (nSPS) is 14.9. The molecule has 0 N–H and O–H groups in total. The van der Waals surface area contributed by atoms with E-state index in [1.54, 1.807) is 19.3 Å². The van der Waals surface area contributed by atoms with Crippen molar-refractivity contribution in [3.8, 4) is 17.2 Å². The Balaban J connectivity index is 1.70. The number of thiocarbonyl (C=S) groups is 1. The molecule has 0 aliphatic carbocycles. The number of halogens is 1. The number of carbonyl (C=O) groups excluding carboxylic acids is 1. The molecule has 1 aliphatic heterocycles. The van der Waals surface area contributed by atoms with E-state index in [1.165, 1.54) is 16.7 Å². The zero-order valence-electron chi connectivity index (χ0n) is 16.3. The van der Waals surface area contributed by atoms with Gasteiger partial charge in [-0.15, -0.1) is 6.58 Å². The van der Waals surface area contributed by atoms with E-state index in [2.05, 4.69) is 22.5 Å². The second-order valence-electron chi connectivity index (χ2n) is 6.13. The van der Waals surface area contributed by atoms with Crippen LogP contribution < -0.4 is 14.2 Å². The van der Waals surface area contributed by atoms with Crippen LogP contribution in [0.3, 0.4) is 0 Å². The molecular weight excluding hydrogens is 486 g/mol. The molecule has 1 saturated heterocycles. The number of hydrogen-bond acceptors (Lipinski definition) is 6. The number of carbonyl (C=O) groups is 1. The summed E-state index contributed by atoms with van der Waals surface area (Å²) in [5, 5.41) is 0. The van der Waals surface area contributed by atoms with Crippen LogP contribution in [-0.4, -0.2) is 42.0 Å². The maximum absolute atomic E-state index is 12.5. The van der Waals surface area contributed by atoms with Crippen LogP contribution >= 0.6 is 39.9 Å². The first-order valence-corrected chi connectivity index (χ1v) is 11.1. The van der Waals surface area contributed by atoms with Crippen molar-refractivity contribution in [2.45, 2.75) is 0 Å². The van der Waals surface area contributed by atoms with E-state index in [0.717, 1.165) is 15.8 Å². The summed E-state index contributed by atoms with van der Waals surface area (Å²) < 4.78 is 18.2. The molecule has 1 amide bonds. The highest BCUT2D eigenvalue weighted by Gasteiger charge is 2.31. The first-order valence-electron chi connectivity index (χ1n) is 9.08. The van der Waals surface area contributed by atoms with E-state index < -0.39 is 0 Å². The Hall–Kier alpha value is -2.29. The Morgan fingerprint density at radius 2 is 1.93 bits per heavy atom. The van der Waals surface area contributed by atoms with Crippen molar-refractivity contribution in [2.24, 2.45) is 0 Å². The predicted molar refractivity (Wildman–Crippen MR) is 128 cm³/mol. The molecule has 8 heteroatoms. The van der Waals surface area contributed by atoms with Crippen LogP contribution in [0, 0.1) is 0 Å². The average Bonchev–Trinajstić information content (AvgIpc) is 3.00. The third-order valence-electron chi connectivity index (χ3n) is 4.08. The van der Waals surface area contributed by atoms with Gasteiger partial charge in [-0.1, -0.05) is 48.3 Å². The predicted octanol–water partition coefficient (Wildman–Crippen LogP) is 5.30. The lowest BCUT2D eigenvalue weighted by Crippen LogP contribution is -2.27. The highest BCUT2D eigenvalue weighted by atomic mass is 79.9. The van der Waals surface area contributed by atoms with Crippen molar-refractivity contribution in [2.75, 3.05) is 26.9 Å². The fourth-order valence-corrected chi connectivity index (χ4v) is 4.57. The average molecular weight is 506 g/mol. The summed E-state index contributed by atoms with van der Waals surface area (Å²) in [5.41, 5.74) is 0.797. The lowest BCUT2D eigenvalue weighted by molar-refractivity contribution is -0.121. The summed E-state index contributed by atoms with van der Waals surface area (Å²) in [6.07, 6.45) is 3.44. The van der Waals surface area contributed by atoms with Gasteiger partial charge in [0.25, 0.3) is 5.91 Å². The Kier molecular flexibility index (Phi) is 7.95. The fraction of sp³-hybridized carbons (Fsp3) is 0.182. The first-order chi connectivity index (χ1) is 14.5. The number of rotatable bonds is 9. The van der Waals surface area contributed by atoms with Crippen molar-refractivity contribution in [3.05, 3.63) is 70.1 Å². The van der Waals surface area contributed by atoms with Crippen LogP contribution in [0.1, 0.15) is 5.56 Å². The van der Waals surface area contributed by atoms with Gasteiger partial charge < -0.3 is 14.2 Å². The van der Waals surface area contributed by atoms with Gasteiger partial charge in [-0.25, -0.2) is 0 Å². The van der Waals surface area contributed by atoms with Crippen LogP contribution in [0.2, 0.25) is 0 Å². The van der Waals surface area contributed by atoms with Gasteiger partial charge in [0.15, 0.2) is 11.5 Å². The summed E-state index contributed by atoms with van der Waals surface area (Å²) >= 11 is 10.1. The zero-order chi connectivity index (χ0) is 21.5. The van der Waals surface area contributed by atoms with Crippen LogP contribution in [0.5, 0.6) is 17.2 Å². The van der Waals surface area contributed by atoms with Gasteiger partial charge in [0.05, 0.1) is 16.5 Å². The second-order valence-corrected chi connectivity index (χ2v) is 8.66. The lowest BCUT2D eigenvalue weighted by Gasteiger charge is -2.14. The number of benzene rings is 2. The molecule has 0 atom stereocenters. The van der Waals surface area contributed by atoms with Crippen molar-refractivity contribution in [1.29, 1.82) is 0 Å². The minimum atomic E-state index is -0.127. The highest BCUT2D eigenvalue weighted by Crippen LogP contribution is 2.39. The smallest absolute Gasteiger partial charge is 0.266 e. The Bertz CT molecular complexity index is 979. The third kappa shape index (κ3) is 5.44. The Morgan fingerprint density at radius 1 is 1.20 bits per heavy atom. The molecule has 0 spiro atoms. The standard InChI is InChI=1S/C22H20BrNO4S2/c1-3-9-24-21(25)19(30-22(24)29)14-15-12-17(23)20(18(13-15)26-2)28-11-10-27-16-7-5-4-6-8-16/h3-8,12-14H,1,9-11H2,2H3. The molecular formula is C22H20BrNO4S2. The molecule has 0 aromatic heterocycles. The maximum atomic E-state index is 12.5. The number of hydrogen-bond donors (Lipinski definition) is 0. The van der Waals surface area contributed by atoms with E-state index in [-0.39, 0.29) is 5.91 Å². The van der Waals surface area contributed by atoms with Gasteiger partial charge in [0.1, 0.15) is 23.3 Å². The molecule has 2 aromatic carbocycles. The molecule has 3 rings (SSSR count). The molecule has 0 radical (unpaired) electrons. The quantitative estimate of drug-likeness (QED) is 0.199. The molecule has 30 heavy (non-hydrogen) atoms. The SMILES string of the molecule is C=CCN1C(=O)C(=Cc2cc(Br)c(OCCOc3ccccc3)c(OC)c2)SC1=S. The lowest BCUT2D eigenvalue weighted by atomic mass is 10.2.